The van der Waals surface area contributed by atoms with Gasteiger partial charge in [-0.05, 0) is 49.3 Å². The summed E-state index contributed by atoms with van der Waals surface area (Å²) in [4.78, 5) is 19.3. The molecule has 1 saturated carbocycles. The largest absolute Gasteiger partial charge is 0.481 e. The number of aromatic nitrogens is 2. The molecule has 0 bridgehead atoms. The van der Waals surface area contributed by atoms with Gasteiger partial charge in [0, 0.05) is 30.1 Å². The number of aliphatic carboxylic acids is 1. The highest BCUT2D eigenvalue weighted by atomic mass is 35.5. The maximum Gasteiger partial charge on any atom is 0.303 e. The molecule has 0 saturated heterocycles. The number of halogens is 2. The zero-order valence-electron chi connectivity index (χ0n) is 14.2. The Morgan fingerprint density at radius 3 is 2.73 bits per heavy atom. The van der Waals surface area contributed by atoms with Crippen molar-refractivity contribution in [2.24, 2.45) is 5.92 Å². The van der Waals surface area contributed by atoms with Crippen LogP contribution in [0, 0.1) is 11.7 Å². The van der Waals surface area contributed by atoms with Gasteiger partial charge in [0.2, 0.25) is 5.88 Å². The van der Waals surface area contributed by atoms with Crippen LogP contribution in [0.3, 0.4) is 0 Å². The molecule has 1 aliphatic carbocycles. The maximum atomic E-state index is 13.9. The highest BCUT2D eigenvalue weighted by Gasteiger charge is 2.24. The molecule has 0 amide bonds. The summed E-state index contributed by atoms with van der Waals surface area (Å²) in [6.45, 7) is 0. The third kappa shape index (κ3) is 5.14. The molecule has 1 aromatic carbocycles. The number of rotatable bonds is 6. The molecule has 26 heavy (non-hydrogen) atoms. The van der Waals surface area contributed by atoms with Crippen LogP contribution in [-0.4, -0.2) is 27.1 Å². The number of hydrogen-bond donors (Lipinski definition) is 1. The van der Waals surface area contributed by atoms with Crippen molar-refractivity contribution in [3.63, 3.8) is 0 Å². The molecule has 2 aromatic rings. The standard InChI is InChI=1S/C19H20ClFN2O3/c20-14-4-3-13(16(21)11-14)10-17-22-8-7-18(23-17)26-15-5-1-12(2-6-15)9-19(24)25/h3-4,7-8,11-12,15H,1-2,5-6,9-10H2,(H,24,25)/t12-,15-. The molecule has 1 aliphatic rings. The zero-order chi connectivity index (χ0) is 18.5. The van der Waals surface area contributed by atoms with Crippen molar-refractivity contribution < 1.29 is 19.0 Å². The molecule has 0 aliphatic heterocycles. The predicted molar refractivity (Wildman–Crippen MR) is 94.9 cm³/mol. The summed E-state index contributed by atoms with van der Waals surface area (Å²) in [7, 11) is 0. The van der Waals surface area contributed by atoms with E-state index in [0.29, 0.717) is 22.3 Å². The number of carboxylic acid groups (broad SMARTS) is 1. The molecule has 0 radical (unpaired) electrons. The molecule has 5 nitrogen and oxygen atoms in total. The second-order valence-corrected chi connectivity index (χ2v) is 7.02. The Morgan fingerprint density at radius 1 is 1.27 bits per heavy atom. The summed E-state index contributed by atoms with van der Waals surface area (Å²) in [5.41, 5.74) is 0.473. The molecular weight excluding hydrogens is 359 g/mol. The molecule has 1 N–H and O–H groups in total. The fraction of sp³-hybridized carbons (Fsp3) is 0.421. The van der Waals surface area contributed by atoms with Crippen LogP contribution < -0.4 is 4.74 Å². The highest BCUT2D eigenvalue weighted by Crippen LogP contribution is 2.29. The van der Waals surface area contributed by atoms with Crippen molar-refractivity contribution in [2.45, 2.75) is 44.6 Å². The van der Waals surface area contributed by atoms with E-state index in [9.17, 15) is 9.18 Å². The predicted octanol–water partition coefficient (Wildman–Crippen LogP) is 4.27. The Balaban J connectivity index is 1.59. The van der Waals surface area contributed by atoms with Gasteiger partial charge in [-0.1, -0.05) is 17.7 Å². The number of carboxylic acids is 1. The van der Waals surface area contributed by atoms with Gasteiger partial charge in [-0.15, -0.1) is 0 Å². The lowest BCUT2D eigenvalue weighted by atomic mass is 9.85. The van der Waals surface area contributed by atoms with E-state index in [4.69, 9.17) is 21.4 Å². The van der Waals surface area contributed by atoms with Crippen LogP contribution in [0.25, 0.3) is 0 Å². The summed E-state index contributed by atoms with van der Waals surface area (Å²) < 4.78 is 19.8. The smallest absolute Gasteiger partial charge is 0.303 e. The van der Waals surface area contributed by atoms with Crippen LogP contribution in [0.15, 0.2) is 30.5 Å². The first-order chi connectivity index (χ1) is 12.5. The fourth-order valence-corrected chi connectivity index (χ4v) is 3.40. The van der Waals surface area contributed by atoms with Gasteiger partial charge in [-0.25, -0.2) is 9.37 Å². The van der Waals surface area contributed by atoms with Crippen molar-refractivity contribution >= 4 is 17.6 Å². The van der Waals surface area contributed by atoms with Crippen molar-refractivity contribution in [3.8, 4) is 5.88 Å². The van der Waals surface area contributed by atoms with Crippen molar-refractivity contribution in [1.82, 2.24) is 9.97 Å². The summed E-state index contributed by atoms with van der Waals surface area (Å²) in [6.07, 6.45) is 5.39. The Morgan fingerprint density at radius 2 is 2.04 bits per heavy atom. The van der Waals surface area contributed by atoms with E-state index >= 15 is 0 Å². The minimum atomic E-state index is -0.746. The zero-order valence-corrected chi connectivity index (χ0v) is 15.0. The third-order valence-corrected chi connectivity index (χ3v) is 4.82. The van der Waals surface area contributed by atoms with Crippen molar-refractivity contribution in [3.05, 3.63) is 52.7 Å². The summed E-state index contributed by atoms with van der Waals surface area (Å²) in [5, 5.41) is 9.22. The topological polar surface area (TPSA) is 72.3 Å². The van der Waals surface area contributed by atoms with E-state index in [1.807, 2.05) is 0 Å². The number of benzene rings is 1. The average Bonchev–Trinajstić information content (AvgIpc) is 2.59. The van der Waals surface area contributed by atoms with Crippen molar-refractivity contribution in [2.75, 3.05) is 0 Å². The van der Waals surface area contributed by atoms with Crippen LogP contribution in [0.5, 0.6) is 5.88 Å². The van der Waals surface area contributed by atoms with Gasteiger partial charge in [-0.3, -0.25) is 4.79 Å². The second-order valence-electron chi connectivity index (χ2n) is 6.58. The van der Waals surface area contributed by atoms with E-state index in [1.165, 1.54) is 6.07 Å². The van der Waals surface area contributed by atoms with E-state index in [0.717, 1.165) is 25.7 Å². The van der Waals surface area contributed by atoms with Gasteiger partial charge >= 0.3 is 5.97 Å². The first kappa shape index (κ1) is 18.6. The molecule has 1 aromatic heterocycles. The Labute approximate surface area is 156 Å². The Kier molecular flexibility index (Phi) is 6.04. The minimum Gasteiger partial charge on any atom is -0.481 e. The monoisotopic (exact) mass is 378 g/mol. The summed E-state index contributed by atoms with van der Waals surface area (Å²) >= 11 is 5.77. The van der Waals surface area contributed by atoms with Gasteiger partial charge in [0.05, 0.1) is 0 Å². The fourth-order valence-electron chi connectivity index (χ4n) is 3.24. The average molecular weight is 379 g/mol. The second kappa shape index (κ2) is 8.45. The van der Waals surface area contributed by atoms with Gasteiger partial charge in [-0.2, -0.15) is 4.98 Å². The lowest BCUT2D eigenvalue weighted by molar-refractivity contribution is -0.138. The van der Waals surface area contributed by atoms with E-state index < -0.39 is 5.97 Å². The van der Waals surface area contributed by atoms with Crippen LogP contribution in [-0.2, 0) is 11.2 Å². The Hall–Kier alpha value is -2.21. The first-order valence-electron chi connectivity index (χ1n) is 8.64. The molecule has 1 fully saturated rings. The normalized spacial score (nSPS) is 19.9. The van der Waals surface area contributed by atoms with Crippen molar-refractivity contribution in [1.29, 1.82) is 0 Å². The quantitative estimate of drug-likeness (QED) is 0.812. The van der Waals surface area contributed by atoms with Crippen LogP contribution in [0.2, 0.25) is 5.02 Å². The number of ether oxygens (including phenoxy) is 1. The lowest BCUT2D eigenvalue weighted by Crippen LogP contribution is -2.25. The first-order valence-corrected chi connectivity index (χ1v) is 9.01. The summed E-state index contributed by atoms with van der Waals surface area (Å²) in [6, 6.07) is 6.21. The molecule has 138 valence electrons. The van der Waals surface area contributed by atoms with Crippen LogP contribution in [0.4, 0.5) is 4.39 Å². The molecule has 1 heterocycles. The number of hydrogen-bond acceptors (Lipinski definition) is 4. The van der Waals surface area contributed by atoms with E-state index in [2.05, 4.69) is 9.97 Å². The van der Waals surface area contributed by atoms with Crippen LogP contribution in [0.1, 0.15) is 43.5 Å². The highest BCUT2D eigenvalue weighted by molar-refractivity contribution is 6.30. The van der Waals surface area contributed by atoms with Gasteiger partial charge in [0.1, 0.15) is 17.7 Å². The Bertz CT molecular complexity index is 779. The third-order valence-electron chi connectivity index (χ3n) is 4.59. The lowest BCUT2D eigenvalue weighted by Gasteiger charge is -2.27. The molecular formula is C19H20ClFN2O3. The SMILES string of the molecule is O=C(O)C[C@H]1CC[C@H](Oc2ccnc(Cc3ccc(Cl)cc3F)n2)CC1. The molecule has 3 rings (SSSR count). The summed E-state index contributed by atoms with van der Waals surface area (Å²) in [5.74, 6) is 0.0314. The molecule has 0 spiro atoms. The van der Waals surface area contributed by atoms with Gasteiger partial charge in [0.15, 0.2) is 0 Å². The van der Waals surface area contributed by atoms with E-state index in [-0.39, 0.29) is 30.7 Å². The number of carbonyl (C=O) groups is 1. The van der Waals surface area contributed by atoms with Crippen LogP contribution >= 0.6 is 11.6 Å². The minimum absolute atomic E-state index is 0.0232. The van der Waals surface area contributed by atoms with Gasteiger partial charge < -0.3 is 9.84 Å². The maximum absolute atomic E-state index is 13.9. The molecule has 7 heteroatoms. The molecule has 0 unspecified atom stereocenters. The number of nitrogens with zero attached hydrogens (tertiary/aromatic N) is 2. The van der Waals surface area contributed by atoms with Gasteiger partial charge in [0.25, 0.3) is 0 Å². The van der Waals surface area contributed by atoms with E-state index in [1.54, 1.807) is 24.4 Å². The molecule has 0 atom stereocenters.